The van der Waals surface area contributed by atoms with E-state index in [1.54, 1.807) is 7.11 Å². The van der Waals surface area contributed by atoms with Gasteiger partial charge in [-0.2, -0.15) is 5.10 Å². The van der Waals surface area contributed by atoms with Gasteiger partial charge in [0, 0.05) is 43.0 Å². The first-order valence-corrected chi connectivity index (χ1v) is 10.1. The Bertz CT molecular complexity index is 509. The number of hydrogen-bond acceptors (Lipinski definition) is 5. The van der Waals surface area contributed by atoms with Crippen molar-refractivity contribution in [1.82, 2.24) is 5.01 Å². The molecule has 3 atom stereocenters. The van der Waals surface area contributed by atoms with Crippen LogP contribution in [0.15, 0.2) is 5.10 Å². The summed E-state index contributed by atoms with van der Waals surface area (Å²) in [6.07, 6.45) is 8.43. The molecule has 1 spiro atoms. The van der Waals surface area contributed by atoms with Gasteiger partial charge in [-0.3, -0.25) is 5.01 Å². The van der Waals surface area contributed by atoms with E-state index in [9.17, 15) is 0 Å². The van der Waals surface area contributed by atoms with E-state index in [0.717, 1.165) is 39.2 Å². The van der Waals surface area contributed by atoms with Gasteiger partial charge in [0.15, 0.2) is 5.79 Å². The molecule has 0 unspecified atom stereocenters. The van der Waals surface area contributed by atoms with E-state index in [2.05, 4.69) is 18.9 Å². The minimum absolute atomic E-state index is 0.144. The van der Waals surface area contributed by atoms with Crippen LogP contribution in [0.3, 0.4) is 0 Å². The van der Waals surface area contributed by atoms with Gasteiger partial charge in [0.05, 0.1) is 25.9 Å². The molecule has 0 bridgehead atoms. The maximum absolute atomic E-state index is 6.22. The molecule has 2 heterocycles. The Labute approximate surface area is 152 Å². The summed E-state index contributed by atoms with van der Waals surface area (Å²) in [6, 6.07) is 0.455. The van der Waals surface area contributed by atoms with Crippen molar-refractivity contribution in [2.75, 3.05) is 33.5 Å². The van der Waals surface area contributed by atoms with Gasteiger partial charge < -0.3 is 14.2 Å². The van der Waals surface area contributed by atoms with Gasteiger partial charge in [0.25, 0.3) is 0 Å². The normalized spacial score (nSPS) is 38.4. The van der Waals surface area contributed by atoms with E-state index >= 15 is 0 Å². The van der Waals surface area contributed by atoms with Crippen LogP contribution in [-0.2, 0) is 14.2 Å². The first kappa shape index (κ1) is 17.7. The molecule has 0 amide bonds. The van der Waals surface area contributed by atoms with Gasteiger partial charge >= 0.3 is 0 Å². The van der Waals surface area contributed by atoms with Crippen LogP contribution in [0.25, 0.3) is 0 Å². The van der Waals surface area contributed by atoms with Gasteiger partial charge in [0.2, 0.25) is 0 Å². The fourth-order valence-electron chi connectivity index (χ4n) is 4.81. The van der Waals surface area contributed by atoms with Crippen molar-refractivity contribution >= 4 is 5.71 Å². The molecular weight excluding hydrogens is 316 g/mol. The van der Waals surface area contributed by atoms with Gasteiger partial charge in [-0.25, -0.2) is 0 Å². The Morgan fingerprint density at radius 3 is 2.72 bits per heavy atom. The molecular formula is C20H34N2O3. The summed E-state index contributed by atoms with van der Waals surface area (Å²) in [4.78, 5) is 0. The van der Waals surface area contributed by atoms with E-state index in [0.29, 0.717) is 17.9 Å². The highest BCUT2D eigenvalue weighted by atomic mass is 16.7. The van der Waals surface area contributed by atoms with Crippen LogP contribution in [0.1, 0.15) is 58.8 Å². The summed E-state index contributed by atoms with van der Waals surface area (Å²) >= 11 is 0. The fourth-order valence-corrected chi connectivity index (χ4v) is 4.81. The molecule has 2 aliphatic carbocycles. The van der Waals surface area contributed by atoms with E-state index < -0.39 is 0 Å². The zero-order valence-corrected chi connectivity index (χ0v) is 16.1. The van der Waals surface area contributed by atoms with E-state index in [1.807, 2.05) is 0 Å². The van der Waals surface area contributed by atoms with Crippen LogP contribution in [0.4, 0.5) is 0 Å². The van der Waals surface area contributed by atoms with Crippen molar-refractivity contribution < 1.29 is 14.2 Å². The highest BCUT2D eigenvalue weighted by Crippen LogP contribution is 2.57. The van der Waals surface area contributed by atoms with Gasteiger partial charge in [-0.1, -0.05) is 20.3 Å². The molecule has 0 aromatic heterocycles. The SMILES string of the molecule is COC[C@@H]1CCCN1/N=C1\CCCC[C@H]1[C@H]1CC12OCC(C)(C)CO2. The molecule has 0 aromatic carbocycles. The molecule has 5 nitrogen and oxygen atoms in total. The fraction of sp³-hybridized carbons (Fsp3) is 0.950. The van der Waals surface area contributed by atoms with E-state index in [1.165, 1.54) is 37.8 Å². The Kier molecular flexibility index (Phi) is 4.84. The van der Waals surface area contributed by atoms with Crippen LogP contribution in [0, 0.1) is 17.3 Å². The second-order valence-corrected chi connectivity index (χ2v) is 9.22. The lowest BCUT2D eigenvalue weighted by Gasteiger charge is -2.37. The molecule has 2 aliphatic heterocycles. The Morgan fingerprint density at radius 2 is 1.96 bits per heavy atom. The molecule has 0 aromatic rings. The second kappa shape index (κ2) is 6.82. The number of nitrogens with zero attached hydrogens (tertiary/aromatic N) is 2. The average Bonchev–Trinajstić information content (AvgIpc) is 3.14. The summed E-state index contributed by atoms with van der Waals surface area (Å²) in [5, 5.41) is 7.45. The predicted molar refractivity (Wildman–Crippen MR) is 97.5 cm³/mol. The van der Waals surface area contributed by atoms with Crippen LogP contribution < -0.4 is 0 Å². The Balaban J connectivity index is 1.45. The molecule has 0 radical (unpaired) electrons. The summed E-state index contributed by atoms with van der Waals surface area (Å²) in [5.74, 6) is 0.750. The summed E-state index contributed by atoms with van der Waals surface area (Å²) in [7, 11) is 1.79. The Hall–Kier alpha value is -0.650. The van der Waals surface area contributed by atoms with Gasteiger partial charge in [-0.15, -0.1) is 0 Å². The molecule has 4 fully saturated rings. The summed E-state index contributed by atoms with van der Waals surface area (Å²) in [5.41, 5.74) is 1.54. The smallest absolute Gasteiger partial charge is 0.172 e. The van der Waals surface area contributed by atoms with Crippen LogP contribution in [0.5, 0.6) is 0 Å². The maximum atomic E-state index is 6.22. The first-order chi connectivity index (χ1) is 12.0. The third kappa shape index (κ3) is 3.60. The lowest BCUT2D eigenvalue weighted by atomic mass is 9.83. The second-order valence-electron chi connectivity index (χ2n) is 9.22. The summed E-state index contributed by atoms with van der Waals surface area (Å²) < 4.78 is 17.8. The van der Waals surface area contributed by atoms with E-state index in [4.69, 9.17) is 19.3 Å². The van der Waals surface area contributed by atoms with Crippen molar-refractivity contribution in [2.24, 2.45) is 22.4 Å². The molecule has 4 rings (SSSR count). The molecule has 4 aliphatic rings. The molecule has 5 heteroatoms. The third-order valence-corrected chi connectivity index (χ3v) is 6.40. The van der Waals surface area contributed by atoms with Gasteiger partial charge in [0.1, 0.15) is 0 Å². The number of hydrogen-bond donors (Lipinski definition) is 0. The number of ether oxygens (including phenoxy) is 3. The lowest BCUT2D eigenvalue weighted by Crippen LogP contribution is -2.42. The quantitative estimate of drug-likeness (QED) is 0.779. The average molecular weight is 351 g/mol. The molecule has 25 heavy (non-hydrogen) atoms. The van der Waals surface area contributed by atoms with Crippen LogP contribution >= 0.6 is 0 Å². The number of rotatable bonds is 4. The minimum atomic E-state index is -0.296. The van der Waals surface area contributed by atoms with E-state index in [-0.39, 0.29) is 11.2 Å². The monoisotopic (exact) mass is 350 g/mol. The van der Waals surface area contributed by atoms with Crippen molar-refractivity contribution in [3.8, 4) is 0 Å². The first-order valence-electron chi connectivity index (χ1n) is 10.1. The minimum Gasteiger partial charge on any atom is -0.382 e. The van der Waals surface area contributed by atoms with Crippen molar-refractivity contribution in [3.63, 3.8) is 0 Å². The van der Waals surface area contributed by atoms with Crippen molar-refractivity contribution in [1.29, 1.82) is 0 Å². The van der Waals surface area contributed by atoms with Gasteiger partial charge in [-0.05, 0) is 32.1 Å². The summed E-state index contributed by atoms with van der Waals surface area (Å²) in [6.45, 7) is 7.91. The third-order valence-electron chi connectivity index (χ3n) is 6.40. The zero-order chi connectivity index (χ0) is 17.5. The zero-order valence-electron chi connectivity index (χ0n) is 16.1. The van der Waals surface area contributed by atoms with Crippen molar-refractivity contribution in [2.45, 2.75) is 70.6 Å². The largest absolute Gasteiger partial charge is 0.382 e. The molecule has 2 saturated heterocycles. The standard InChI is InChI=1S/C20H34N2O3/c1-19(2)13-24-20(25-14-19)11-17(20)16-8-4-5-9-18(16)21-22-10-6-7-15(22)12-23-3/h15-17H,4-14H2,1-3H3/b21-18+/t15-,16-,17+/m0/s1. The molecule has 142 valence electrons. The predicted octanol–water partition coefficient (Wildman–Crippen LogP) is 3.43. The topological polar surface area (TPSA) is 43.3 Å². The van der Waals surface area contributed by atoms with Crippen LogP contribution in [-0.4, -0.2) is 56.0 Å². The number of methoxy groups -OCH3 is 1. The Morgan fingerprint density at radius 1 is 1.16 bits per heavy atom. The maximum Gasteiger partial charge on any atom is 0.172 e. The van der Waals surface area contributed by atoms with Crippen molar-refractivity contribution in [3.05, 3.63) is 0 Å². The number of hydrazone groups is 1. The molecule has 2 saturated carbocycles. The highest BCUT2D eigenvalue weighted by molar-refractivity contribution is 5.88. The lowest BCUT2D eigenvalue weighted by molar-refractivity contribution is -0.251. The highest BCUT2D eigenvalue weighted by Gasteiger charge is 2.63. The molecule has 0 N–H and O–H groups in total. The van der Waals surface area contributed by atoms with Crippen LogP contribution in [0.2, 0.25) is 0 Å².